The molecule has 106 valence electrons. The van der Waals surface area contributed by atoms with Crippen LogP contribution in [0.15, 0.2) is 30.3 Å². The SMILES string of the molecule is O=C(Cc1ccccc1)NCC#CCN1CCCCC1. The zero-order valence-corrected chi connectivity index (χ0v) is 11.9. The number of carbonyl (C=O) groups is 1. The van der Waals surface area contributed by atoms with Gasteiger partial charge in [-0.15, -0.1) is 0 Å². The van der Waals surface area contributed by atoms with Gasteiger partial charge in [-0.3, -0.25) is 9.69 Å². The molecule has 1 saturated heterocycles. The summed E-state index contributed by atoms with van der Waals surface area (Å²) in [5.41, 5.74) is 1.03. The largest absolute Gasteiger partial charge is 0.345 e. The van der Waals surface area contributed by atoms with Gasteiger partial charge in [0.2, 0.25) is 5.91 Å². The Morgan fingerprint density at radius 1 is 1.10 bits per heavy atom. The predicted octanol–water partition coefficient (Wildman–Crippen LogP) is 1.83. The molecule has 0 aromatic heterocycles. The van der Waals surface area contributed by atoms with Crippen molar-refractivity contribution in [2.45, 2.75) is 25.7 Å². The van der Waals surface area contributed by atoms with E-state index in [1.54, 1.807) is 0 Å². The summed E-state index contributed by atoms with van der Waals surface area (Å²) >= 11 is 0. The average molecular weight is 270 g/mol. The molecule has 1 fully saturated rings. The zero-order chi connectivity index (χ0) is 14.0. The number of piperidine rings is 1. The normalized spacial score (nSPS) is 15.2. The smallest absolute Gasteiger partial charge is 0.225 e. The monoisotopic (exact) mass is 270 g/mol. The van der Waals surface area contributed by atoms with Gasteiger partial charge in [-0.05, 0) is 31.5 Å². The topological polar surface area (TPSA) is 32.3 Å². The van der Waals surface area contributed by atoms with Crippen molar-refractivity contribution in [3.05, 3.63) is 35.9 Å². The minimum atomic E-state index is 0.0310. The van der Waals surface area contributed by atoms with Gasteiger partial charge in [0.05, 0.1) is 19.5 Å². The fourth-order valence-electron chi connectivity index (χ4n) is 2.33. The van der Waals surface area contributed by atoms with Gasteiger partial charge in [-0.25, -0.2) is 0 Å². The summed E-state index contributed by atoms with van der Waals surface area (Å²) in [4.78, 5) is 14.1. The standard InChI is InChI=1S/C17H22N2O/c20-17(15-16-9-3-1-4-10-16)18-11-5-8-14-19-12-6-2-7-13-19/h1,3-4,9-10H,2,6-7,11-15H2,(H,18,20). The van der Waals surface area contributed by atoms with Gasteiger partial charge >= 0.3 is 0 Å². The lowest BCUT2D eigenvalue weighted by Gasteiger charge is -2.23. The van der Waals surface area contributed by atoms with Crippen molar-refractivity contribution in [1.29, 1.82) is 0 Å². The van der Waals surface area contributed by atoms with E-state index >= 15 is 0 Å². The van der Waals surface area contributed by atoms with E-state index in [-0.39, 0.29) is 5.91 Å². The molecule has 1 aliphatic rings. The molecule has 3 heteroatoms. The molecule has 20 heavy (non-hydrogen) atoms. The highest BCUT2D eigenvalue weighted by Gasteiger charge is 2.07. The Bertz CT molecular complexity index is 467. The Hall–Kier alpha value is -1.79. The Morgan fingerprint density at radius 3 is 2.60 bits per heavy atom. The molecule has 0 unspecified atom stereocenters. The first-order chi connectivity index (χ1) is 9.84. The van der Waals surface area contributed by atoms with Gasteiger partial charge < -0.3 is 5.32 Å². The summed E-state index contributed by atoms with van der Waals surface area (Å²) in [6.45, 7) is 3.60. The van der Waals surface area contributed by atoms with Crippen LogP contribution in [0.1, 0.15) is 24.8 Å². The molecule has 1 heterocycles. The van der Waals surface area contributed by atoms with Gasteiger partial charge in [0.25, 0.3) is 0 Å². The third-order valence-electron chi connectivity index (χ3n) is 3.46. The lowest BCUT2D eigenvalue weighted by atomic mass is 10.1. The summed E-state index contributed by atoms with van der Waals surface area (Å²) in [7, 11) is 0. The minimum absolute atomic E-state index is 0.0310. The van der Waals surface area contributed by atoms with Crippen LogP contribution in [0.3, 0.4) is 0 Å². The summed E-state index contributed by atoms with van der Waals surface area (Å²) < 4.78 is 0. The number of hydrogen-bond donors (Lipinski definition) is 1. The first kappa shape index (κ1) is 14.6. The highest BCUT2D eigenvalue weighted by Crippen LogP contribution is 2.07. The molecule has 1 N–H and O–H groups in total. The maximum Gasteiger partial charge on any atom is 0.225 e. The van der Waals surface area contributed by atoms with Crippen molar-refractivity contribution in [3.63, 3.8) is 0 Å². The second-order valence-corrected chi connectivity index (χ2v) is 5.13. The van der Waals surface area contributed by atoms with Crippen LogP contribution in [-0.2, 0) is 11.2 Å². The molecule has 0 spiro atoms. The van der Waals surface area contributed by atoms with E-state index in [2.05, 4.69) is 22.1 Å². The van der Waals surface area contributed by atoms with E-state index in [9.17, 15) is 4.79 Å². The van der Waals surface area contributed by atoms with Crippen molar-refractivity contribution in [2.24, 2.45) is 0 Å². The third-order valence-corrected chi connectivity index (χ3v) is 3.46. The number of benzene rings is 1. The van der Waals surface area contributed by atoms with Gasteiger partial charge in [0.1, 0.15) is 0 Å². The Labute approximate surface area is 121 Å². The van der Waals surface area contributed by atoms with Gasteiger partial charge in [-0.1, -0.05) is 48.6 Å². The second-order valence-electron chi connectivity index (χ2n) is 5.13. The fourth-order valence-corrected chi connectivity index (χ4v) is 2.33. The molecule has 0 atom stereocenters. The van der Waals surface area contributed by atoms with Crippen molar-refractivity contribution in [3.8, 4) is 11.8 Å². The van der Waals surface area contributed by atoms with Crippen LogP contribution in [0.2, 0.25) is 0 Å². The van der Waals surface area contributed by atoms with E-state index in [4.69, 9.17) is 0 Å². The summed E-state index contributed by atoms with van der Waals surface area (Å²) in [6.07, 6.45) is 4.35. The summed E-state index contributed by atoms with van der Waals surface area (Å²) in [5.74, 6) is 6.19. The van der Waals surface area contributed by atoms with Crippen LogP contribution in [0.25, 0.3) is 0 Å². The molecule has 1 aliphatic heterocycles. The molecule has 1 amide bonds. The Morgan fingerprint density at radius 2 is 1.85 bits per heavy atom. The number of carbonyl (C=O) groups excluding carboxylic acids is 1. The zero-order valence-electron chi connectivity index (χ0n) is 11.9. The molecule has 1 aromatic rings. The van der Waals surface area contributed by atoms with Crippen LogP contribution in [0.4, 0.5) is 0 Å². The number of rotatable bonds is 4. The van der Waals surface area contributed by atoms with Crippen LogP contribution in [0, 0.1) is 11.8 Å². The number of likely N-dealkylation sites (tertiary alicyclic amines) is 1. The minimum Gasteiger partial charge on any atom is -0.345 e. The second kappa shape index (κ2) is 8.39. The molecular formula is C17H22N2O. The third kappa shape index (κ3) is 5.46. The Kier molecular flexibility index (Phi) is 6.13. The molecule has 0 radical (unpaired) electrons. The van der Waals surface area contributed by atoms with E-state index < -0.39 is 0 Å². The summed E-state index contributed by atoms with van der Waals surface area (Å²) in [6, 6.07) is 9.76. The van der Waals surface area contributed by atoms with Crippen molar-refractivity contribution >= 4 is 5.91 Å². The number of nitrogens with one attached hydrogen (secondary N) is 1. The highest BCUT2D eigenvalue weighted by molar-refractivity contribution is 5.78. The molecule has 0 aliphatic carbocycles. The first-order valence-corrected chi connectivity index (χ1v) is 7.33. The molecule has 2 rings (SSSR count). The average Bonchev–Trinajstić information content (AvgIpc) is 2.49. The Balaban J connectivity index is 1.62. The van der Waals surface area contributed by atoms with Gasteiger partial charge in [0.15, 0.2) is 0 Å². The molecular weight excluding hydrogens is 248 g/mol. The quantitative estimate of drug-likeness (QED) is 0.847. The molecule has 0 saturated carbocycles. The fraction of sp³-hybridized carbons (Fsp3) is 0.471. The first-order valence-electron chi connectivity index (χ1n) is 7.33. The number of nitrogens with zero attached hydrogens (tertiary/aromatic N) is 1. The van der Waals surface area contributed by atoms with Gasteiger partial charge in [-0.2, -0.15) is 0 Å². The van der Waals surface area contributed by atoms with Crippen LogP contribution < -0.4 is 5.32 Å². The molecule has 3 nitrogen and oxygen atoms in total. The summed E-state index contributed by atoms with van der Waals surface area (Å²) in [5, 5.41) is 2.84. The van der Waals surface area contributed by atoms with Crippen molar-refractivity contribution in [2.75, 3.05) is 26.2 Å². The number of amides is 1. The molecule has 1 aromatic carbocycles. The maximum absolute atomic E-state index is 11.7. The number of hydrogen-bond acceptors (Lipinski definition) is 2. The lowest BCUT2D eigenvalue weighted by molar-refractivity contribution is -0.120. The van der Waals surface area contributed by atoms with E-state index in [0.717, 1.165) is 25.2 Å². The van der Waals surface area contributed by atoms with Crippen LogP contribution in [-0.4, -0.2) is 37.0 Å². The van der Waals surface area contributed by atoms with Crippen LogP contribution in [0.5, 0.6) is 0 Å². The van der Waals surface area contributed by atoms with Crippen molar-refractivity contribution < 1.29 is 4.79 Å². The van der Waals surface area contributed by atoms with E-state index in [1.165, 1.54) is 19.3 Å². The van der Waals surface area contributed by atoms with Crippen molar-refractivity contribution in [1.82, 2.24) is 10.2 Å². The molecule has 0 bridgehead atoms. The van der Waals surface area contributed by atoms with E-state index in [1.807, 2.05) is 30.3 Å². The highest BCUT2D eigenvalue weighted by atomic mass is 16.1. The van der Waals surface area contributed by atoms with Crippen LogP contribution >= 0.6 is 0 Å². The lowest BCUT2D eigenvalue weighted by Crippen LogP contribution is -2.30. The predicted molar refractivity (Wildman–Crippen MR) is 81.2 cm³/mol. The maximum atomic E-state index is 11.7. The van der Waals surface area contributed by atoms with Gasteiger partial charge in [0, 0.05) is 0 Å². The van der Waals surface area contributed by atoms with E-state index in [0.29, 0.717) is 13.0 Å².